The molecule has 6 aromatic rings. The van der Waals surface area contributed by atoms with Crippen LogP contribution in [0.3, 0.4) is 0 Å². The zero-order valence-electron chi connectivity index (χ0n) is 26.7. The van der Waals surface area contributed by atoms with E-state index in [0.29, 0.717) is 54.1 Å². The number of nitrogens with one attached hydrogen (secondary N) is 3. The lowest BCUT2D eigenvalue weighted by Crippen LogP contribution is -2.25. The van der Waals surface area contributed by atoms with Gasteiger partial charge in [0.25, 0.3) is 11.8 Å². The van der Waals surface area contributed by atoms with E-state index in [-0.39, 0.29) is 27.9 Å². The second-order valence-corrected chi connectivity index (χ2v) is 12.6. The van der Waals surface area contributed by atoms with Gasteiger partial charge in [0.15, 0.2) is 5.69 Å². The number of thiophene rings is 1. The highest BCUT2D eigenvalue weighted by molar-refractivity contribution is 7.13. The summed E-state index contributed by atoms with van der Waals surface area (Å²) in [6.45, 7) is 2.69. The third-order valence-corrected chi connectivity index (χ3v) is 9.51. The number of rotatable bonds is 9. The van der Waals surface area contributed by atoms with Crippen LogP contribution >= 0.6 is 11.3 Å². The maximum absolute atomic E-state index is 14.6. The number of hydrogen-bond acceptors (Lipinski definition) is 7. The molecule has 0 unspecified atom stereocenters. The van der Waals surface area contributed by atoms with Crippen LogP contribution in [0.25, 0.3) is 43.6 Å². The summed E-state index contributed by atoms with van der Waals surface area (Å²) in [6.07, 6.45) is 3.11. The van der Waals surface area contributed by atoms with Gasteiger partial charge in [0.1, 0.15) is 11.4 Å². The first-order chi connectivity index (χ1) is 24.2. The summed E-state index contributed by atoms with van der Waals surface area (Å²) in [6, 6.07) is 20.2. The number of anilines is 1. The van der Waals surface area contributed by atoms with Crippen molar-refractivity contribution >= 4 is 51.7 Å². The predicted octanol–water partition coefficient (Wildman–Crippen LogP) is 7.35. The summed E-state index contributed by atoms with van der Waals surface area (Å²) in [7, 11) is 0. The fraction of sp³-hybridized carbons (Fsp3) is 0.132. The second-order valence-electron chi connectivity index (χ2n) is 11.7. The lowest BCUT2D eigenvalue weighted by Gasteiger charge is -2.18. The summed E-state index contributed by atoms with van der Waals surface area (Å²) in [5.74, 6) is -3.02. The minimum atomic E-state index is -1.37. The Labute approximate surface area is 289 Å². The minimum absolute atomic E-state index is 0.0622. The summed E-state index contributed by atoms with van der Waals surface area (Å²) < 4.78 is 6.15. The smallest absolute Gasteiger partial charge is 0.355 e. The number of amides is 2. The molecular formula is C38H30N4O7S. The summed E-state index contributed by atoms with van der Waals surface area (Å²) in [5.41, 5.74) is 4.32. The topological polar surface area (TPSA) is 171 Å². The summed E-state index contributed by atoms with van der Waals surface area (Å²) in [4.78, 5) is 60.1. The number of benzene rings is 3. The van der Waals surface area contributed by atoms with Crippen molar-refractivity contribution in [3.05, 3.63) is 112 Å². The molecule has 4 heterocycles. The number of nitrogens with zero attached hydrogens (tertiary/aromatic N) is 1. The highest BCUT2D eigenvalue weighted by Crippen LogP contribution is 2.44. The number of aromatic carboxylic acids is 2. The third kappa shape index (κ3) is 5.96. The molecule has 50 heavy (non-hydrogen) atoms. The molecule has 0 atom stereocenters. The third-order valence-electron chi connectivity index (χ3n) is 8.52. The fourth-order valence-corrected chi connectivity index (χ4v) is 7.14. The minimum Gasteiger partial charge on any atom is -0.493 e. The van der Waals surface area contributed by atoms with Crippen LogP contribution in [0.4, 0.5) is 5.69 Å². The van der Waals surface area contributed by atoms with Gasteiger partial charge in [-0.25, -0.2) is 14.6 Å². The normalized spacial score (nSPS) is 11.9. The Morgan fingerprint density at radius 1 is 0.920 bits per heavy atom. The SMILES string of the molecule is CCCNC(=O)c1ccc(-c2cc3c(cc2C(=O)Nc2ccc4[nH]ccc4c2-c2cccc(C(=O)O)c2)-c2sccc2CCO3)c(C(=O)O)n1. The molecule has 3 aromatic heterocycles. The Kier molecular flexibility index (Phi) is 8.60. The standard InChI is InChI=1S/C38H30N4O7S/c1-2-13-40-36(44)30-7-6-23(33(41-30)38(47)48)25-19-31-27(34-20(11-15-49-31)12-16-50-34)18-26(25)35(43)42-29-9-8-28-24(10-14-39-28)32(29)21-4-3-5-22(17-21)37(45)46/h3-10,12,14,16-19,39H,2,11,13,15H2,1H3,(H,40,44)(H,42,43)(H,45,46)(H,47,48). The van der Waals surface area contributed by atoms with Gasteiger partial charge in [-0.1, -0.05) is 19.1 Å². The van der Waals surface area contributed by atoms with Crippen molar-refractivity contribution < 1.29 is 34.1 Å². The van der Waals surface area contributed by atoms with Crippen LogP contribution in [0.1, 0.15) is 60.6 Å². The number of H-pyrrole nitrogens is 1. The van der Waals surface area contributed by atoms with E-state index in [2.05, 4.69) is 20.6 Å². The van der Waals surface area contributed by atoms with E-state index in [1.165, 1.54) is 29.5 Å². The van der Waals surface area contributed by atoms with Gasteiger partial charge in [-0.15, -0.1) is 11.3 Å². The molecule has 0 bridgehead atoms. The maximum Gasteiger partial charge on any atom is 0.355 e. The van der Waals surface area contributed by atoms with Gasteiger partial charge in [0, 0.05) is 68.4 Å². The molecular weight excluding hydrogens is 657 g/mol. The number of carboxylic acid groups (broad SMARTS) is 2. The van der Waals surface area contributed by atoms with E-state index in [4.69, 9.17) is 4.74 Å². The Morgan fingerprint density at radius 2 is 1.78 bits per heavy atom. The van der Waals surface area contributed by atoms with Crippen molar-refractivity contribution in [2.75, 3.05) is 18.5 Å². The lowest BCUT2D eigenvalue weighted by atomic mass is 9.93. The molecule has 0 fully saturated rings. The molecule has 3 aromatic carbocycles. The summed E-state index contributed by atoms with van der Waals surface area (Å²) >= 11 is 1.52. The number of aromatic amines is 1. The largest absolute Gasteiger partial charge is 0.493 e. The van der Waals surface area contributed by atoms with Crippen molar-refractivity contribution in [1.82, 2.24) is 15.3 Å². The molecule has 7 rings (SSSR count). The van der Waals surface area contributed by atoms with Crippen molar-refractivity contribution in [2.24, 2.45) is 0 Å². The molecule has 0 radical (unpaired) electrons. The van der Waals surface area contributed by atoms with Crippen molar-refractivity contribution in [2.45, 2.75) is 19.8 Å². The number of ether oxygens (including phenoxy) is 1. The number of carbonyl (C=O) groups excluding carboxylic acids is 2. The van der Waals surface area contributed by atoms with Gasteiger partial charge >= 0.3 is 11.9 Å². The predicted molar refractivity (Wildman–Crippen MR) is 190 cm³/mol. The van der Waals surface area contributed by atoms with Gasteiger partial charge in [-0.05, 0) is 83.6 Å². The van der Waals surface area contributed by atoms with Crippen LogP contribution in [0, 0.1) is 0 Å². The molecule has 2 amide bonds. The lowest BCUT2D eigenvalue weighted by molar-refractivity contribution is 0.0682. The fourth-order valence-electron chi connectivity index (χ4n) is 6.17. The van der Waals surface area contributed by atoms with Crippen molar-refractivity contribution in [3.63, 3.8) is 0 Å². The second kappa shape index (κ2) is 13.3. The van der Waals surface area contributed by atoms with Crippen LogP contribution < -0.4 is 15.4 Å². The average molecular weight is 687 g/mol. The first-order valence-corrected chi connectivity index (χ1v) is 16.8. The molecule has 0 saturated carbocycles. The number of aromatic nitrogens is 2. The number of carboxylic acids is 2. The molecule has 1 aliphatic heterocycles. The highest BCUT2D eigenvalue weighted by atomic mass is 32.1. The van der Waals surface area contributed by atoms with Crippen LogP contribution in [0.15, 0.2) is 84.4 Å². The number of carbonyl (C=O) groups is 4. The maximum atomic E-state index is 14.6. The van der Waals surface area contributed by atoms with Crippen LogP contribution in [0.2, 0.25) is 0 Å². The van der Waals surface area contributed by atoms with Gasteiger partial charge in [-0.3, -0.25) is 9.59 Å². The molecule has 0 aliphatic carbocycles. The first kappa shape index (κ1) is 32.3. The number of hydrogen-bond donors (Lipinski definition) is 5. The Morgan fingerprint density at radius 3 is 2.58 bits per heavy atom. The summed E-state index contributed by atoms with van der Waals surface area (Å²) in [5, 5.41) is 28.5. The Balaban J connectivity index is 1.40. The zero-order valence-corrected chi connectivity index (χ0v) is 27.5. The van der Waals surface area contributed by atoms with Crippen LogP contribution in [-0.2, 0) is 6.42 Å². The van der Waals surface area contributed by atoms with Crippen LogP contribution in [0.5, 0.6) is 5.75 Å². The average Bonchev–Trinajstić information content (AvgIpc) is 3.76. The van der Waals surface area contributed by atoms with Gasteiger partial charge < -0.3 is 30.6 Å². The van der Waals surface area contributed by atoms with Crippen molar-refractivity contribution in [1.29, 1.82) is 0 Å². The quantitative estimate of drug-likeness (QED) is 0.105. The molecule has 1 aliphatic rings. The highest BCUT2D eigenvalue weighted by Gasteiger charge is 2.27. The molecule has 0 spiro atoms. The molecule has 12 heteroatoms. The molecule has 0 saturated heterocycles. The van der Waals surface area contributed by atoms with E-state index in [1.807, 2.05) is 30.5 Å². The van der Waals surface area contributed by atoms with Gasteiger partial charge in [0.2, 0.25) is 0 Å². The van der Waals surface area contributed by atoms with E-state index in [0.717, 1.165) is 21.3 Å². The number of fused-ring (bicyclic) bond motifs is 4. The Hall–Kier alpha value is -6.27. The molecule has 11 nitrogen and oxygen atoms in total. The van der Waals surface area contributed by atoms with E-state index in [1.54, 1.807) is 42.6 Å². The van der Waals surface area contributed by atoms with E-state index in [9.17, 15) is 29.4 Å². The van der Waals surface area contributed by atoms with E-state index < -0.39 is 29.4 Å². The van der Waals surface area contributed by atoms with Crippen molar-refractivity contribution in [3.8, 4) is 38.4 Å². The number of pyridine rings is 1. The molecule has 5 N–H and O–H groups in total. The van der Waals surface area contributed by atoms with Gasteiger partial charge in [0.05, 0.1) is 12.2 Å². The monoisotopic (exact) mass is 686 g/mol. The van der Waals surface area contributed by atoms with Gasteiger partial charge in [-0.2, -0.15) is 0 Å². The van der Waals surface area contributed by atoms with E-state index >= 15 is 0 Å². The zero-order chi connectivity index (χ0) is 34.9. The van der Waals surface area contributed by atoms with Crippen LogP contribution in [-0.4, -0.2) is 57.1 Å². The molecule has 250 valence electrons. The first-order valence-electron chi connectivity index (χ1n) is 15.9. The Bertz CT molecular complexity index is 2340.